The summed E-state index contributed by atoms with van der Waals surface area (Å²) in [4.78, 5) is 13.3. The van der Waals surface area contributed by atoms with Crippen LogP contribution in [0.25, 0.3) is 0 Å². The smallest absolute Gasteiger partial charge is 0.234 e. The number of carbonyl (C=O) groups is 1. The van der Waals surface area contributed by atoms with E-state index < -0.39 is 6.10 Å². The molecule has 0 radical (unpaired) electrons. The molecule has 0 heterocycles. The zero-order valence-corrected chi connectivity index (χ0v) is 12.3. The SMILES string of the molecule is COc1ccc(OC)c(C(O)CNC(=O)CN(C)C)c1. The molecule has 0 spiro atoms. The Morgan fingerprint density at radius 1 is 1.35 bits per heavy atom. The van der Waals surface area contributed by atoms with Gasteiger partial charge in [0.15, 0.2) is 0 Å². The second kappa shape index (κ2) is 7.72. The predicted molar refractivity (Wildman–Crippen MR) is 76.1 cm³/mol. The lowest BCUT2D eigenvalue weighted by atomic mass is 10.1. The zero-order valence-electron chi connectivity index (χ0n) is 12.3. The van der Waals surface area contributed by atoms with Crippen molar-refractivity contribution in [3.8, 4) is 11.5 Å². The molecule has 0 aliphatic carbocycles. The number of hydrogen-bond acceptors (Lipinski definition) is 5. The molecule has 0 saturated heterocycles. The Balaban J connectivity index is 2.71. The van der Waals surface area contributed by atoms with E-state index in [0.717, 1.165) is 0 Å². The maximum Gasteiger partial charge on any atom is 0.234 e. The van der Waals surface area contributed by atoms with Crippen molar-refractivity contribution in [3.63, 3.8) is 0 Å². The molecule has 0 aliphatic heterocycles. The summed E-state index contributed by atoms with van der Waals surface area (Å²) >= 11 is 0. The Labute approximate surface area is 119 Å². The largest absolute Gasteiger partial charge is 0.497 e. The first kappa shape index (κ1) is 16.3. The molecule has 0 fully saturated rings. The molecule has 112 valence electrons. The van der Waals surface area contributed by atoms with E-state index in [4.69, 9.17) is 9.47 Å². The summed E-state index contributed by atoms with van der Waals surface area (Å²) in [5.41, 5.74) is 0.581. The van der Waals surface area contributed by atoms with Crippen molar-refractivity contribution >= 4 is 5.91 Å². The van der Waals surface area contributed by atoms with Gasteiger partial charge >= 0.3 is 0 Å². The number of rotatable bonds is 7. The number of nitrogens with one attached hydrogen (secondary N) is 1. The molecular weight excluding hydrogens is 260 g/mol. The van der Waals surface area contributed by atoms with Crippen LogP contribution in [0.2, 0.25) is 0 Å². The third kappa shape index (κ3) is 4.71. The number of benzene rings is 1. The van der Waals surface area contributed by atoms with Crippen LogP contribution in [0.15, 0.2) is 18.2 Å². The number of hydrogen-bond donors (Lipinski definition) is 2. The van der Waals surface area contributed by atoms with E-state index in [-0.39, 0.29) is 19.0 Å². The van der Waals surface area contributed by atoms with Gasteiger partial charge in [-0.1, -0.05) is 0 Å². The lowest BCUT2D eigenvalue weighted by Gasteiger charge is -2.17. The first-order chi connectivity index (χ1) is 9.47. The van der Waals surface area contributed by atoms with Crippen LogP contribution in [0.5, 0.6) is 11.5 Å². The van der Waals surface area contributed by atoms with Gasteiger partial charge in [-0.25, -0.2) is 0 Å². The van der Waals surface area contributed by atoms with Crippen LogP contribution in [0.1, 0.15) is 11.7 Å². The van der Waals surface area contributed by atoms with Crippen molar-refractivity contribution in [3.05, 3.63) is 23.8 Å². The number of methoxy groups -OCH3 is 2. The monoisotopic (exact) mass is 282 g/mol. The standard InChI is InChI=1S/C14H22N2O4/c1-16(2)9-14(18)15-8-12(17)11-7-10(19-3)5-6-13(11)20-4/h5-7,12,17H,8-9H2,1-4H3,(H,15,18). The summed E-state index contributed by atoms with van der Waals surface area (Å²) in [6, 6.07) is 5.17. The first-order valence-electron chi connectivity index (χ1n) is 6.29. The van der Waals surface area contributed by atoms with Crippen LogP contribution in [0.3, 0.4) is 0 Å². The fourth-order valence-electron chi connectivity index (χ4n) is 1.76. The number of likely N-dealkylation sites (N-methyl/N-ethyl adjacent to an activating group) is 1. The van der Waals surface area contributed by atoms with Crippen molar-refractivity contribution in [2.24, 2.45) is 0 Å². The van der Waals surface area contributed by atoms with Gasteiger partial charge in [0.05, 0.1) is 26.9 Å². The van der Waals surface area contributed by atoms with Crippen LogP contribution in [0, 0.1) is 0 Å². The molecule has 0 aromatic heterocycles. The van der Waals surface area contributed by atoms with Gasteiger partial charge in [-0.05, 0) is 32.3 Å². The third-order valence-electron chi connectivity index (χ3n) is 2.75. The normalized spacial score (nSPS) is 12.1. The van der Waals surface area contributed by atoms with Crippen molar-refractivity contribution < 1.29 is 19.4 Å². The molecule has 1 unspecified atom stereocenters. The van der Waals surface area contributed by atoms with Crippen molar-refractivity contribution in [1.29, 1.82) is 0 Å². The number of amides is 1. The van der Waals surface area contributed by atoms with E-state index in [1.165, 1.54) is 7.11 Å². The molecule has 1 atom stereocenters. The average molecular weight is 282 g/mol. The molecular formula is C14H22N2O4. The molecule has 2 N–H and O–H groups in total. The van der Waals surface area contributed by atoms with Crippen LogP contribution in [-0.4, -0.2) is 57.3 Å². The Kier molecular flexibility index (Phi) is 6.27. The van der Waals surface area contributed by atoms with Crippen molar-refractivity contribution in [1.82, 2.24) is 10.2 Å². The highest BCUT2D eigenvalue weighted by Gasteiger charge is 2.15. The maximum atomic E-state index is 11.5. The fourth-order valence-corrected chi connectivity index (χ4v) is 1.76. The van der Waals surface area contributed by atoms with E-state index in [9.17, 15) is 9.90 Å². The molecule has 20 heavy (non-hydrogen) atoms. The summed E-state index contributed by atoms with van der Waals surface area (Å²) in [6.07, 6.45) is -0.855. The number of carbonyl (C=O) groups excluding carboxylic acids is 1. The lowest BCUT2D eigenvalue weighted by molar-refractivity contribution is -0.122. The predicted octanol–water partition coefficient (Wildman–Crippen LogP) is 0.415. The van der Waals surface area contributed by atoms with Gasteiger partial charge in [-0.3, -0.25) is 4.79 Å². The van der Waals surface area contributed by atoms with E-state index in [0.29, 0.717) is 17.1 Å². The minimum absolute atomic E-state index is 0.121. The summed E-state index contributed by atoms with van der Waals surface area (Å²) in [7, 11) is 6.70. The molecule has 6 heteroatoms. The first-order valence-corrected chi connectivity index (χ1v) is 6.29. The Bertz CT molecular complexity index is 449. The molecule has 1 aromatic carbocycles. The molecule has 0 aliphatic rings. The summed E-state index contributed by atoms with van der Waals surface area (Å²) in [5, 5.41) is 12.8. The van der Waals surface area contributed by atoms with Gasteiger partial charge in [0.25, 0.3) is 0 Å². The quantitative estimate of drug-likeness (QED) is 0.758. The third-order valence-corrected chi connectivity index (χ3v) is 2.75. The molecule has 1 aromatic rings. The van der Waals surface area contributed by atoms with Gasteiger partial charge in [-0.2, -0.15) is 0 Å². The summed E-state index contributed by atoms with van der Waals surface area (Å²) in [5.74, 6) is 1.04. The fraction of sp³-hybridized carbons (Fsp3) is 0.500. The van der Waals surface area contributed by atoms with Crippen molar-refractivity contribution in [2.45, 2.75) is 6.10 Å². The number of ether oxygens (including phenoxy) is 2. The van der Waals surface area contributed by atoms with Gasteiger partial charge in [0, 0.05) is 12.1 Å². The topological polar surface area (TPSA) is 71.0 Å². The van der Waals surface area contributed by atoms with Gasteiger partial charge in [-0.15, -0.1) is 0 Å². The van der Waals surface area contributed by atoms with E-state index in [1.807, 2.05) is 0 Å². The molecule has 0 saturated carbocycles. The number of aliphatic hydroxyl groups is 1. The van der Waals surface area contributed by atoms with Crippen LogP contribution in [-0.2, 0) is 4.79 Å². The minimum atomic E-state index is -0.855. The van der Waals surface area contributed by atoms with Crippen LogP contribution < -0.4 is 14.8 Å². The van der Waals surface area contributed by atoms with E-state index in [1.54, 1.807) is 44.3 Å². The molecule has 1 amide bonds. The van der Waals surface area contributed by atoms with Crippen LogP contribution >= 0.6 is 0 Å². The second-order valence-electron chi connectivity index (χ2n) is 4.67. The lowest BCUT2D eigenvalue weighted by Crippen LogP contribution is -2.35. The number of aliphatic hydroxyl groups excluding tert-OH is 1. The van der Waals surface area contributed by atoms with E-state index in [2.05, 4.69) is 5.32 Å². The Morgan fingerprint density at radius 3 is 2.60 bits per heavy atom. The van der Waals surface area contributed by atoms with Gasteiger partial charge in [0.2, 0.25) is 5.91 Å². The molecule has 1 rings (SSSR count). The summed E-state index contributed by atoms with van der Waals surface area (Å²) in [6.45, 7) is 0.401. The zero-order chi connectivity index (χ0) is 15.1. The Morgan fingerprint density at radius 2 is 2.05 bits per heavy atom. The highest BCUT2D eigenvalue weighted by molar-refractivity contribution is 5.78. The maximum absolute atomic E-state index is 11.5. The van der Waals surface area contributed by atoms with Gasteiger partial charge in [0.1, 0.15) is 11.5 Å². The molecule has 6 nitrogen and oxygen atoms in total. The summed E-state index contributed by atoms with van der Waals surface area (Å²) < 4.78 is 10.3. The Hall–Kier alpha value is -1.79. The average Bonchev–Trinajstić information content (AvgIpc) is 2.43. The van der Waals surface area contributed by atoms with Crippen LogP contribution in [0.4, 0.5) is 0 Å². The second-order valence-corrected chi connectivity index (χ2v) is 4.67. The minimum Gasteiger partial charge on any atom is -0.497 e. The highest BCUT2D eigenvalue weighted by atomic mass is 16.5. The van der Waals surface area contributed by atoms with Gasteiger partial charge < -0.3 is 24.8 Å². The van der Waals surface area contributed by atoms with Crippen molar-refractivity contribution in [2.75, 3.05) is 41.4 Å². The molecule has 0 bridgehead atoms. The highest BCUT2D eigenvalue weighted by Crippen LogP contribution is 2.28. The number of nitrogens with zero attached hydrogens (tertiary/aromatic N) is 1. The van der Waals surface area contributed by atoms with E-state index >= 15 is 0 Å².